The van der Waals surface area contributed by atoms with Gasteiger partial charge in [0.1, 0.15) is 5.75 Å². The molecule has 3 rings (SSSR count). The number of para-hydroxylation sites is 1. The first-order valence-corrected chi connectivity index (χ1v) is 8.89. The number of aryl methyl sites for hydroxylation is 1. The third-order valence-corrected chi connectivity index (χ3v) is 4.30. The Labute approximate surface area is 159 Å². The lowest BCUT2D eigenvalue weighted by molar-refractivity contribution is 0.0935. The predicted molar refractivity (Wildman–Crippen MR) is 99.8 cm³/mol. The van der Waals surface area contributed by atoms with Gasteiger partial charge in [0.05, 0.1) is 11.6 Å². The molecule has 1 atom stereocenters. The fourth-order valence-corrected chi connectivity index (χ4v) is 2.70. The van der Waals surface area contributed by atoms with Crippen molar-refractivity contribution in [2.75, 3.05) is 0 Å². The SMILES string of the molecule is Cc1nc(COc2ccccc2C(=O)NC(C)c2ccc(Br)cc2)no1. The summed E-state index contributed by atoms with van der Waals surface area (Å²) in [5.41, 5.74) is 1.47. The molecule has 2 aromatic carbocycles. The second kappa shape index (κ2) is 8.14. The predicted octanol–water partition coefficient (Wildman–Crippen LogP) is 4.21. The van der Waals surface area contributed by atoms with Gasteiger partial charge in [-0.05, 0) is 36.8 Å². The highest BCUT2D eigenvalue weighted by Gasteiger charge is 2.16. The molecule has 0 aliphatic rings. The summed E-state index contributed by atoms with van der Waals surface area (Å²) in [5, 5.41) is 6.78. The molecule has 0 bridgehead atoms. The minimum Gasteiger partial charge on any atom is -0.485 e. The standard InChI is InChI=1S/C19H18BrN3O3/c1-12(14-7-9-15(20)10-8-14)21-19(24)16-5-3-4-6-17(16)25-11-18-22-13(2)26-23-18/h3-10,12H,11H2,1-2H3,(H,21,24). The van der Waals surface area contributed by atoms with Crippen molar-refractivity contribution in [2.45, 2.75) is 26.5 Å². The smallest absolute Gasteiger partial charge is 0.255 e. The molecule has 134 valence electrons. The molecule has 0 saturated heterocycles. The van der Waals surface area contributed by atoms with Gasteiger partial charge < -0.3 is 14.6 Å². The van der Waals surface area contributed by atoms with Crippen molar-refractivity contribution in [1.29, 1.82) is 0 Å². The number of benzene rings is 2. The van der Waals surface area contributed by atoms with Gasteiger partial charge in [-0.3, -0.25) is 4.79 Å². The summed E-state index contributed by atoms with van der Waals surface area (Å²) in [6.45, 7) is 3.78. The van der Waals surface area contributed by atoms with Crippen LogP contribution in [0, 0.1) is 6.92 Å². The van der Waals surface area contributed by atoms with Gasteiger partial charge in [-0.25, -0.2) is 0 Å². The van der Waals surface area contributed by atoms with Crippen molar-refractivity contribution in [3.8, 4) is 5.75 Å². The molecule has 0 aliphatic heterocycles. The summed E-state index contributed by atoms with van der Waals surface area (Å²) in [5.74, 6) is 1.16. The Morgan fingerprint density at radius 2 is 1.96 bits per heavy atom. The number of nitrogens with zero attached hydrogens (tertiary/aromatic N) is 2. The van der Waals surface area contributed by atoms with Gasteiger partial charge in [0.2, 0.25) is 11.7 Å². The fraction of sp³-hybridized carbons (Fsp3) is 0.211. The average Bonchev–Trinajstić information content (AvgIpc) is 3.06. The highest BCUT2D eigenvalue weighted by molar-refractivity contribution is 9.10. The molecular weight excluding hydrogens is 398 g/mol. The number of carbonyl (C=O) groups is 1. The van der Waals surface area contributed by atoms with Crippen LogP contribution < -0.4 is 10.1 Å². The maximum atomic E-state index is 12.7. The van der Waals surface area contributed by atoms with E-state index in [1.165, 1.54) is 0 Å². The maximum Gasteiger partial charge on any atom is 0.255 e. The lowest BCUT2D eigenvalue weighted by Crippen LogP contribution is -2.27. The fourth-order valence-electron chi connectivity index (χ4n) is 2.43. The summed E-state index contributed by atoms with van der Waals surface area (Å²) in [4.78, 5) is 16.8. The van der Waals surface area contributed by atoms with Crippen molar-refractivity contribution in [3.63, 3.8) is 0 Å². The maximum absolute atomic E-state index is 12.7. The van der Waals surface area contributed by atoms with Crippen molar-refractivity contribution >= 4 is 21.8 Å². The van der Waals surface area contributed by atoms with Crippen LogP contribution in [-0.2, 0) is 6.61 Å². The first-order valence-electron chi connectivity index (χ1n) is 8.10. The van der Waals surface area contributed by atoms with E-state index in [1.54, 1.807) is 25.1 Å². The van der Waals surface area contributed by atoms with Gasteiger partial charge in [0, 0.05) is 11.4 Å². The molecule has 0 saturated carbocycles. The second-order valence-electron chi connectivity index (χ2n) is 5.76. The highest BCUT2D eigenvalue weighted by atomic mass is 79.9. The van der Waals surface area contributed by atoms with Crippen LogP contribution in [0.4, 0.5) is 0 Å². The molecule has 26 heavy (non-hydrogen) atoms. The Morgan fingerprint density at radius 1 is 1.23 bits per heavy atom. The second-order valence-corrected chi connectivity index (χ2v) is 6.68. The third-order valence-electron chi connectivity index (χ3n) is 3.78. The van der Waals surface area contributed by atoms with E-state index in [-0.39, 0.29) is 18.6 Å². The zero-order valence-electron chi connectivity index (χ0n) is 14.4. The van der Waals surface area contributed by atoms with Gasteiger partial charge in [-0.1, -0.05) is 45.4 Å². The van der Waals surface area contributed by atoms with Crippen LogP contribution in [0.3, 0.4) is 0 Å². The minimum absolute atomic E-state index is 0.129. The molecule has 1 unspecified atom stereocenters. The number of hydrogen-bond acceptors (Lipinski definition) is 5. The number of aromatic nitrogens is 2. The first kappa shape index (κ1) is 18.1. The Hall–Kier alpha value is -2.67. The number of carbonyl (C=O) groups excluding carboxylic acids is 1. The van der Waals surface area contributed by atoms with Crippen LogP contribution in [0.5, 0.6) is 5.75 Å². The molecule has 7 heteroatoms. The van der Waals surface area contributed by atoms with Crippen LogP contribution in [0.15, 0.2) is 57.5 Å². The monoisotopic (exact) mass is 415 g/mol. The molecule has 1 N–H and O–H groups in total. The number of nitrogens with one attached hydrogen (secondary N) is 1. The summed E-state index contributed by atoms with van der Waals surface area (Å²) in [7, 11) is 0. The Balaban J connectivity index is 1.69. The molecule has 0 aliphatic carbocycles. The van der Waals surface area contributed by atoms with Crippen molar-refractivity contribution in [2.24, 2.45) is 0 Å². The van der Waals surface area contributed by atoms with Crippen LogP contribution in [0.25, 0.3) is 0 Å². The molecule has 0 radical (unpaired) electrons. The number of amides is 1. The lowest BCUT2D eigenvalue weighted by Gasteiger charge is -2.16. The summed E-state index contributed by atoms with van der Waals surface area (Å²) in [6.07, 6.45) is 0. The summed E-state index contributed by atoms with van der Waals surface area (Å²) < 4.78 is 11.6. The van der Waals surface area contributed by atoms with E-state index in [0.717, 1.165) is 10.0 Å². The summed E-state index contributed by atoms with van der Waals surface area (Å²) in [6, 6.07) is 14.8. The quantitative estimate of drug-likeness (QED) is 0.652. The van der Waals surface area contributed by atoms with Gasteiger partial charge >= 0.3 is 0 Å². The Morgan fingerprint density at radius 3 is 2.65 bits per heavy atom. The Bertz CT molecular complexity index is 893. The van der Waals surface area contributed by atoms with Crippen molar-refractivity contribution in [1.82, 2.24) is 15.5 Å². The number of hydrogen-bond donors (Lipinski definition) is 1. The van der Waals surface area contributed by atoms with Gasteiger partial charge in [0.25, 0.3) is 5.91 Å². The molecule has 3 aromatic rings. The lowest BCUT2D eigenvalue weighted by atomic mass is 10.1. The van der Waals surface area contributed by atoms with Crippen LogP contribution in [-0.4, -0.2) is 16.0 Å². The van der Waals surface area contributed by atoms with Gasteiger partial charge in [-0.2, -0.15) is 4.98 Å². The van der Waals surface area contributed by atoms with E-state index in [2.05, 4.69) is 31.4 Å². The number of halogens is 1. The van der Waals surface area contributed by atoms with Crippen LogP contribution in [0.2, 0.25) is 0 Å². The summed E-state index contributed by atoms with van der Waals surface area (Å²) >= 11 is 3.41. The molecule has 1 heterocycles. The molecule has 1 amide bonds. The van der Waals surface area contributed by atoms with E-state index >= 15 is 0 Å². The van der Waals surface area contributed by atoms with Gasteiger partial charge in [0.15, 0.2) is 6.61 Å². The van der Waals surface area contributed by atoms with Crippen LogP contribution in [0.1, 0.15) is 40.6 Å². The van der Waals surface area contributed by atoms with Gasteiger partial charge in [-0.15, -0.1) is 0 Å². The van der Waals surface area contributed by atoms with Crippen LogP contribution >= 0.6 is 15.9 Å². The molecule has 0 spiro atoms. The molecule has 0 fully saturated rings. The van der Waals surface area contributed by atoms with Crippen molar-refractivity contribution in [3.05, 3.63) is 75.8 Å². The highest BCUT2D eigenvalue weighted by Crippen LogP contribution is 2.21. The average molecular weight is 416 g/mol. The Kier molecular flexibility index (Phi) is 5.68. The zero-order chi connectivity index (χ0) is 18.5. The normalized spacial score (nSPS) is 11.8. The molecule has 6 nitrogen and oxygen atoms in total. The van der Waals surface area contributed by atoms with E-state index in [1.807, 2.05) is 37.3 Å². The zero-order valence-corrected chi connectivity index (χ0v) is 16.0. The third kappa shape index (κ3) is 4.49. The van der Waals surface area contributed by atoms with E-state index in [4.69, 9.17) is 9.26 Å². The minimum atomic E-state index is -0.208. The topological polar surface area (TPSA) is 77.2 Å². The largest absolute Gasteiger partial charge is 0.485 e. The molecule has 1 aromatic heterocycles. The van der Waals surface area contributed by atoms with E-state index < -0.39 is 0 Å². The number of ether oxygens (including phenoxy) is 1. The molecular formula is C19H18BrN3O3. The van der Waals surface area contributed by atoms with E-state index in [0.29, 0.717) is 23.0 Å². The first-order chi connectivity index (χ1) is 12.5. The van der Waals surface area contributed by atoms with Crippen molar-refractivity contribution < 1.29 is 14.1 Å². The van der Waals surface area contributed by atoms with E-state index in [9.17, 15) is 4.79 Å². The number of rotatable bonds is 6.